The second-order valence-corrected chi connectivity index (χ2v) is 4.55. The smallest absolute Gasteiger partial charge is 0.231 e. The van der Waals surface area contributed by atoms with Crippen LogP contribution in [0.2, 0.25) is 0 Å². The topological polar surface area (TPSA) is 63.2 Å². The van der Waals surface area contributed by atoms with E-state index in [1.165, 1.54) is 0 Å². The number of aryl methyl sites for hydroxylation is 1. The highest BCUT2D eigenvalue weighted by Crippen LogP contribution is 2.17. The van der Waals surface area contributed by atoms with Crippen molar-refractivity contribution in [3.05, 3.63) is 24.0 Å². The lowest BCUT2D eigenvalue weighted by atomic mass is 10.0. The molecule has 1 aliphatic heterocycles. The van der Waals surface area contributed by atoms with Crippen molar-refractivity contribution in [2.75, 3.05) is 25.1 Å². The van der Waals surface area contributed by atoms with E-state index in [0.717, 1.165) is 17.8 Å². The van der Waals surface area contributed by atoms with E-state index < -0.39 is 0 Å². The SMILES string of the molecule is CCNC1COCC1C(=O)Nc1cncc(C)c1. The first-order chi connectivity index (χ1) is 8.70. The van der Waals surface area contributed by atoms with Gasteiger partial charge in [-0.25, -0.2) is 0 Å². The summed E-state index contributed by atoms with van der Waals surface area (Å²) < 4.78 is 5.37. The van der Waals surface area contributed by atoms with Crippen molar-refractivity contribution < 1.29 is 9.53 Å². The third kappa shape index (κ3) is 3.05. The largest absolute Gasteiger partial charge is 0.379 e. The molecule has 2 atom stereocenters. The monoisotopic (exact) mass is 249 g/mol. The second-order valence-electron chi connectivity index (χ2n) is 4.55. The number of nitrogens with one attached hydrogen (secondary N) is 2. The van der Waals surface area contributed by atoms with E-state index in [4.69, 9.17) is 4.74 Å². The van der Waals surface area contributed by atoms with Crippen molar-refractivity contribution in [1.82, 2.24) is 10.3 Å². The molecule has 2 heterocycles. The highest BCUT2D eigenvalue weighted by atomic mass is 16.5. The van der Waals surface area contributed by atoms with Crippen LogP contribution in [0.25, 0.3) is 0 Å². The van der Waals surface area contributed by atoms with Crippen LogP contribution in [-0.2, 0) is 9.53 Å². The number of likely N-dealkylation sites (N-methyl/N-ethyl adjacent to an activating group) is 1. The van der Waals surface area contributed by atoms with Gasteiger partial charge in [0.1, 0.15) is 0 Å². The molecular formula is C13H19N3O2. The first kappa shape index (κ1) is 13.0. The number of nitrogens with zero attached hydrogens (tertiary/aromatic N) is 1. The van der Waals surface area contributed by atoms with Crippen molar-refractivity contribution in [2.45, 2.75) is 19.9 Å². The average Bonchev–Trinajstić information content (AvgIpc) is 2.78. The molecular weight excluding hydrogens is 230 g/mol. The Hall–Kier alpha value is -1.46. The number of ether oxygens (including phenoxy) is 1. The molecule has 5 nitrogen and oxygen atoms in total. The summed E-state index contributed by atoms with van der Waals surface area (Å²) in [5.74, 6) is -0.142. The molecule has 1 aliphatic rings. The Morgan fingerprint density at radius 1 is 1.50 bits per heavy atom. The van der Waals surface area contributed by atoms with Crippen molar-refractivity contribution in [1.29, 1.82) is 0 Å². The maximum absolute atomic E-state index is 12.2. The zero-order valence-corrected chi connectivity index (χ0v) is 10.8. The molecule has 98 valence electrons. The lowest BCUT2D eigenvalue weighted by Gasteiger charge is -2.17. The fourth-order valence-electron chi connectivity index (χ4n) is 2.13. The highest BCUT2D eigenvalue weighted by Gasteiger charge is 2.33. The number of amides is 1. The molecule has 18 heavy (non-hydrogen) atoms. The molecule has 5 heteroatoms. The molecule has 0 aromatic carbocycles. The van der Waals surface area contributed by atoms with Gasteiger partial charge in [0, 0.05) is 12.2 Å². The molecule has 2 unspecified atom stereocenters. The van der Waals surface area contributed by atoms with Gasteiger partial charge in [-0.05, 0) is 25.1 Å². The Bertz CT molecular complexity index is 422. The van der Waals surface area contributed by atoms with Crippen LogP contribution in [0.4, 0.5) is 5.69 Å². The fourth-order valence-corrected chi connectivity index (χ4v) is 2.13. The number of pyridine rings is 1. The summed E-state index contributed by atoms with van der Waals surface area (Å²) in [6, 6.07) is 2.01. The quantitative estimate of drug-likeness (QED) is 0.834. The number of anilines is 1. The maximum atomic E-state index is 12.2. The molecule has 0 spiro atoms. The standard InChI is InChI=1S/C13H19N3O2/c1-3-15-12-8-18-7-11(12)13(17)16-10-4-9(2)5-14-6-10/h4-6,11-12,15H,3,7-8H2,1-2H3,(H,16,17). The molecule has 1 aromatic heterocycles. The summed E-state index contributed by atoms with van der Waals surface area (Å²) >= 11 is 0. The summed E-state index contributed by atoms with van der Waals surface area (Å²) in [4.78, 5) is 16.2. The van der Waals surface area contributed by atoms with E-state index in [-0.39, 0.29) is 17.9 Å². The van der Waals surface area contributed by atoms with E-state index in [1.54, 1.807) is 12.4 Å². The number of hydrogen-bond donors (Lipinski definition) is 2. The third-order valence-corrected chi connectivity index (χ3v) is 3.03. The van der Waals surface area contributed by atoms with E-state index in [9.17, 15) is 4.79 Å². The Morgan fingerprint density at radius 3 is 3.06 bits per heavy atom. The van der Waals surface area contributed by atoms with Gasteiger partial charge in [0.2, 0.25) is 5.91 Å². The van der Waals surface area contributed by atoms with Crippen LogP contribution in [0.15, 0.2) is 18.5 Å². The summed E-state index contributed by atoms with van der Waals surface area (Å²) in [6.07, 6.45) is 3.42. The van der Waals surface area contributed by atoms with E-state index in [2.05, 4.69) is 15.6 Å². The van der Waals surface area contributed by atoms with Crippen LogP contribution in [0.1, 0.15) is 12.5 Å². The summed E-state index contributed by atoms with van der Waals surface area (Å²) in [5.41, 5.74) is 1.76. The summed E-state index contributed by atoms with van der Waals surface area (Å²) in [5, 5.41) is 6.16. The summed E-state index contributed by atoms with van der Waals surface area (Å²) in [7, 11) is 0. The molecule has 1 saturated heterocycles. The highest BCUT2D eigenvalue weighted by molar-refractivity contribution is 5.93. The van der Waals surface area contributed by atoms with Gasteiger partial charge in [-0.3, -0.25) is 9.78 Å². The molecule has 2 rings (SSSR count). The zero-order valence-electron chi connectivity index (χ0n) is 10.8. The van der Waals surface area contributed by atoms with Gasteiger partial charge in [0.15, 0.2) is 0 Å². The molecule has 0 saturated carbocycles. The molecule has 1 aromatic rings. The minimum absolute atomic E-state index is 0.00847. The zero-order chi connectivity index (χ0) is 13.0. The van der Waals surface area contributed by atoms with Gasteiger partial charge >= 0.3 is 0 Å². The molecule has 0 bridgehead atoms. The number of carbonyl (C=O) groups excluding carboxylic acids is 1. The normalized spacial score (nSPS) is 23.0. The van der Waals surface area contributed by atoms with Crippen molar-refractivity contribution in [3.63, 3.8) is 0 Å². The Kier molecular flexibility index (Phi) is 4.28. The van der Waals surface area contributed by atoms with Crippen LogP contribution in [-0.4, -0.2) is 36.7 Å². The first-order valence-electron chi connectivity index (χ1n) is 6.24. The summed E-state index contributed by atoms with van der Waals surface area (Å²) in [6.45, 7) is 5.88. The number of aromatic nitrogens is 1. The fraction of sp³-hybridized carbons (Fsp3) is 0.538. The minimum atomic E-state index is -0.134. The second kappa shape index (κ2) is 5.93. The van der Waals surface area contributed by atoms with Crippen LogP contribution in [0.3, 0.4) is 0 Å². The molecule has 1 amide bonds. The Balaban J connectivity index is 1.99. The lowest BCUT2D eigenvalue weighted by molar-refractivity contribution is -0.120. The Morgan fingerprint density at radius 2 is 2.33 bits per heavy atom. The number of rotatable bonds is 4. The molecule has 0 aliphatic carbocycles. The number of hydrogen-bond acceptors (Lipinski definition) is 4. The molecule has 1 fully saturated rings. The van der Waals surface area contributed by atoms with E-state index in [1.807, 2.05) is 19.9 Å². The van der Waals surface area contributed by atoms with Crippen LogP contribution in [0.5, 0.6) is 0 Å². The predicted molar refractivity (Wildman–Crippen MR) is 69.4 cm³/mol. The third-order valence-electron chi connectivity index (χ3n) is 3.03. The van der Waals surface area contributed by atoms with Crippen LogP contribution < -0.4 is 10.6 Å². The minimum Gasteiger partial charge on any atom is -0.379 e. The predicted octanol–water partition coefficient (Wildman–Crippen LogP) is 0.953. The van der Waals surface area contributed by atoms with Gasteiger partial charge in [0.05, 0.1) is 31.0 Å². The van der Waals surface area contributed by atoms with Gasteiger partial charge in [-0.15, -0.1) is 0 Å². The van der Waals surface area contributed by atoms with Gasteiger partial charge in [-0.1, -0.05) is 6.92 Å². The van der Waals surface area contributed by atoms with Crippen molar-refractivity contribution in [2.24, 2.45) is 5.92 Å². The van der Waals surface area contributed by atoms with Crippen LogP contribution in [0, 0.1) is 12.8 Å². The first-order valence-corrected chi connectivity index (χ1v) is 6.24. The van der Waals surface area contributed by atoms with E-state index in [0.29, 0.717) is 13.2 Å². The van der Waals surface area contributed by atoms with Gasteiger partial charge < -0.3 is 15.4 Å². The van der Waals surface area contributed by atoms with Crippen molar-refractivity contribution >= 4 is 11.6 Å². The number of carbonyl (C=O) groups is 1. The maximum Gasteiger partial charge on any atom is 0.231 e. The van der Waals surface area contributed by atoms with Gasteiger partial charge in [0.25, 0.3) is 0 Å². The molecule has 0 radical (unpaired) electrons. The van der Waals surface area contributed by atoms with Crippen molar-refractivity contribution in [3.8, 4) is 0 Å². The Labute approximate surface area is 107 Å². The van der Waals surface area contributed by atoms with E-state index >= 15 is 0 Å². The lowest BCUT2D eigenvalue weighted by Crippen LogP contribution is -2.41. The average molecular weight is 249 g/mol. The molecule has 2 N–H and O–H groups in total. The van der Waals surface area contributed by atoms with Gasteiger partial charge in [-0.2, -0.15) is 0 Å². The van der Waals surface area contributed by atoms with Crippen LogP contribution >= 0.6 is 0 Å².